The lowest BCUT2D eigenvalue weighted by molar-refractivity contribution is -0.149. The molecule has 1 saturated carbocycles. The fraction of sp³-hybridized carbons (Fsp3) is 0.833. The molecule has 2 fully saturated rings. The van der Waals surface area contributed by atoms with Crippen molar-refractivity contribution in [2.75, 3.05) is 19.8 Å². The molecule has 0 radical (unpaired) electrons. The second-order valence-corrected chi connectivity index (χ2v) is 7.94. The summed E-state index contributed by atoms with van der Waals surface area (Å²) in [7, 11) is 0. The Balaban J connectivity index is 2.07. The number of carbonyl (C=O) groups is 3. The molecule has 1 aliphatic heterocycles. The minimum atomic E-state index is -0.601. The summed E-state index contributed by atoms with van der Waals surface area (Å²) in [6, 6.07) is -0.802. The highest BCUT2D eigenvalue weighted by molar-refractivity contribution is 5.90. The van der Waals surface area contributed by atoms with Gasteiger partial charge in [-0.3, -0.25) is 14.4 Å². The van der Waals surface area contributed by atoms with Crippen LogP contribution >= 0.6 is 0 Å². The van der Waals surface area contributed by atoms with Gasteiger partial charge in [-0.15, -0.1) is 0 Å². The average Bonchev–Trinajstić information content (AvgIpc) is 2.53. The van der Waals surface area contributed by atoms with Crippen LogP contribution < -0.4 is 5.32 Å². The van der Waals surface area contributed by atoms with Gasteiger partial charge in [0, 0.05) is 24.3 Å². The first-order valence-corrected chi connectivity index (χ1v) is 8.93. The molecule has 0 aromatic rings. The molecule has 1 aliphatic carbocycles. The normalized spacial score (nSPS) is 26.8. The van der Waals surface area contributed by atoms with Crippen LogP contribution in [0.5, 0.6) is 0 Å². The van der Waals surface area contributed by atoms with E-state index in [1.54, 1.807) is 11.8 Å². The third-order valence-corrected chi connectivity index (χ3v) is 4.91. The van der Waals surface area contributed by atoms with Gasteiger partial charge in [0.1, 0.15) is 11.8 Å². The van der Waals surface area contributed by atoms with Crippen molar-refractivity contribution in [3.8, 4) is 0 Å². The molecule has 0 aromatic carbocycles. The maximum absolute atomic E-state index is 12.9. The number of amides is 2. The van der Waals surface area contributed by atoms with Crippen molar-refractivity contribution >= 4 is 17.6 Å². The minimum Gasteiger partial charge on any atom is -0.377 e. The summed E-state index contributed by atoms with van der Waals surface area (Å²) in [6.45, 7) is 8.52. The Morgan fingerprint density at radius 1 is 1.29 bits per heavy atom. The van der Waals surface area contributed by atoms with Gasteiger partial charge in [-0.1, -0.05) is 27.2 Å². The number of morpholine rings is 1. The van der Waals surface area contributed by atoms with Crippen LogP contribution in [-0.2, 0) is 19.1 Å². The standard InChI is InChI=1S/C18H30N2O4/c1-12(19-17(23)18(2,3)4)16(22)20-9-10-24-11-14(20)13-7-5-6-8-15(13)21/h12-14H,5-11H2,1-4H3,(H,19,23)/t12-,13-,14-/m0/s1. The molecule has 2 aliphatic rings. The first kappa shape index (κ1) is 18.9. The number of Topliss-reactive ketones (excluding diaryl/α,β-unsaturated/α-hetero) is 1. The third-order valence-electron chi connectivity index (χ3n) is 4.91. The van der Waals surface area contributed by atoms with Crippen LogP contribution in [0.15, 0.2) is 0 Å². The molecule has 2 amide bonds. The van der Waals surface area contributed by atoms with Gasteiger partial charge in [0.2, 0.25) is 11.8 Å². The predicted molar refractivity (Wildman–Crippen MR) is 90.3 cm³/mol. The Labute approximate surface area is 144 Å². The van der Waals surface area contributed by atoms with E-state index in [4.69, 9.17) is 4.74 Å². The molecule has 1 N–H and O–H groups in total. The molecule has 0 spiro atoms. The maximum Gasteiger partial charge on any atom is 0.245 e. The van der Waals surface area contributed by atoms with Crippen LogP contribution in [0.4, 0.5) is 0 Å². The Morgan fingerprint density at radius 3 is 2.62 bits per heavy atom. The lowest BCUT2D eigenvalue weighted by Gasteiger charge is -2.42. The van der Waals surface area contributed by atoms with Crippen LogP contribution in [0, 0.1) is 11.3 Å². The van der Waals surface area contributed by atoms with Crippen molar-refractivity contribution in [2.24, 2.45) is 11.3 Å². The summed E-state index contributed by atoms with van der Waals surface area (Å²) in [5.41, 5.74) is -0.543. The summed E-state index contributed by atoms with van der Waals surface area (Å²) in [5.74, 6) is -0.171. The molecule has 6 heteroatoms. The molecule has 0 bridgehead atoms. The van der Waals surface area contributed by atoms with Gasteiger partial charge in [-0.25, -0.2) is 0 Å². The summed E-state index contributed by atoms with van der Waals surface area (Å²) in [5, 5.41) is 2.80. The topological polar surface area (TPSA) is 75.7 Å². The fourth-order valence-electron chi connectivity index (χ4n) is 3.37. The second-order valence-electron chi connectivity index (χ2n) is 7.94. The second kappa shape index (κ2) is 7.64. The van der Waals surface area contributed by atoms with Gasteiger partial charge in [0.15, 0.2) is 0 Å². The average molecular weight is 338 g/mol. The zero-order valence-corrected chi connectivity index (χ0v) is 15.3. The van der Waals surface area contributed by atoms with Gasteiger partial charge in [-0.2, -0.15) is 0 Å². The van der Waals surface area contributed by atoms with Crippen molar-refractivity contribution < 1.29 is 19.1 Å². The lowest BCUT2D eigenvalue weighted by atomic mass is 9.82. The first-order valence-electron chi connectivity index (χ1n) is 8.93. The van der Waals surface area contributed by atoms with E-state index in [0.29, 0.717) is 26.2 Å². The number of ketones is 1. The lowest BCUT2D eigenvalue weighted by Crippen LogP contribution is -2.59. The SMILES string of the molecule is C[C@H](NC(=O)C(C)(C)C)C(=O)N1CCOC[C@H]1[C@@H]1CCCCC1=O. The highest BCUT2D eigenvalue weighted by Gasteiger charge is 2.39. The predicted octanol–water partition coefficient (Wildman–Crippen LogP) is 1.52. The molecule has 0 aromatic heterocycles. The Hall–Kier alpha value is -1.43. The van der Waals surface area contributed by atoms with Crippen molar-refractivity contribution in [1.29, 1.82) is 0 Å². The van der Waals surface area contributed by atoms with Gasteiger partial charge in [-0.05, 0) is 19.8 Å². The van der Waals surface area contributed by atoms with E-state index in [0.717, 1.165) is 19.3 Å². The molecule has 6 nitrogen and oxygen atoms in total. The van der Waals surface area contributed by atoms with Crippen molar-refractivity contribution in [3.63, 3.8) is 0 Å². The van der Waals surface area contributed by atoms with Crippen LogP contribution in [0.25, 0.3) is 0 Å². The van der Waals surface area contributed by atoms with Crippen LogP contribution in [0.2, 0.25) is 0 Å². The van der Waals surface area contributed by atoms with Crippen LogP contribution in [0.1, 0.15) is 53.4 Å². The van der Waals surface area contributed by atoms with Crippen molar-refractivity contribution in [1.82, 2.24) is 10.2 Å². The van der Waals surface area contributed by atoms with E-state index in [-0.39, 0.29) is 29.6 Å². The molecule has 2 rings (SSSR count). The molecule has 1 heterocycles. The molecule has 24 heavy (non-hydrogen) atoms. The molecule has 136 valence electrons. The summed E-state index contributed by atoms with van der Waals surface area (Å²) in [6.07, 6.45) is 3.37. The molecule has 0 unspecified atom stereocenters. The number of nitrogens with one attached hydrogen (secondary N) is 1. The molecule has 1 saturated heterocycles. The van der Waals surface area contributed by atoms with Gasteiger partial charge >= 0.3 is 0 Å². The number of rotatable bonds is 3. The van der Waals surface area contributed by atoms with E-state index in [1.807, 2.05) is 20.8 Å². The monoisotopic (exact) mass is 338 g/mol. The number of carbonyl (C=O) groups excluding carboxylic acids is 3. The molecule has 3 atom stereocenters. The maximum atomic E-state index is 12.9. The minimum absolute atomic E-state index is 0.126. The summed E-state index contributed by atoms with van der Waals surface area (Å²) < 4.78 is 5.55. The van der Waals surface area contributed by atoms with E-state index in [9.17, 15) is 14.4 Å². The highest BCUT2D eigenvalue weighted by Crippen LogP contribution is 2.28. The Kier molecular flexibility index (Phi) is 6.01. The number of hydrogen-bond donors (Lipinski definition) is 1. The van der Waals surface area contributed by atoms with E-state index in [1.165, 1.54) is 0 Å². The van der Waals surface area contributed by atoms with Crippen molar-refractivity contribution in [2.45, 2.75) is 65.5 Å². The zero-order chi connectivity index (χ0) is 17.9. The quantitative estimate of drug-likeness (QED) is 0.847. The van der Waals surface area contributed by atoms with Crippen LogP contribution in [0.3, 0.4) is 0 Å². The largest absolute Gasteiger partial charge is 0.377 e. The van der Waals surface area contributed by atoms with Gasteiger partial charge < -0.3 is 15.0 Å². The Morgan fingerprint density at radius 2 is 2.00 bits per heavy atom. The van der Waals surface area contributed by atoms with E-state index in [2.05, 4.69) is 5.32 Å². The summed E-state index contributed by atoms with van der Waals surface area (Å²) in [4.78, 5) is 39.0. The smallest absolute Gasteiger partial charge is 0.245 e. The van der Waals surface area contributed by atoms with E-state index < -0.39 is 11.5 Å². The fourth-order valence-corrected chi connectivity index (χ4v) is 3.37. The Bertz CT molecular complexity index is 498. The zero-order valence-electron chi connectivity index (χ0n) is 15.3. The number of ether oxygens (including phenoxy) is 1. The van der Waals surface area contributed by atoms with E-state index >= 15 is 0 Å². The van der Waals surface area contributed by atoms with Crippen molar-refractivity contribution in [3.05, 3.63) is 0 Å². The van der Waals surface area contributed by atoms with Crippen LogP contribution in [-0.4, -0.2) is 54.3 Å². The molecular formula is C18H30N2O4. The third kappa shape index (κ3) is 4.35. The van der Waals surface area contributed by atoms with Gasteiger partial charge in [0.05, 0.1) is 19.3 Å². The number of nitrogens with zero attached hydrogens (tertiary/aromatic N) is 1. The van der Waals surface area contributed by atoms with Gasteiger partial charge in [0.25, 0.3) is 0 Å². The first-order chi connectivity index (χ1) is 11.2. The number of hydrogen-bond acceptors (Lipinski definition) is 4. The summed E-state index contributed by atoms with van der Waals surface area (Å²) >= 11 is 0. The highest BCUT2D eigenvalue weighted by atomic mass is 16.5. The molecular weight excluding hydrogens is 308 g/mol.